The van der Waals surface area contributed by atoms with E-state index in [1.54, 1.807) is 0 Å². The third kappa shape index (κ3) is 3.96. The van der Waals surface area contributed by atoms with Crippen LogP contribution in [0.4, 0.5) is 5.69 Å². The quantitative estimate of drug-likeness (QED) is 0.815. The van der Waals surface area contributed by atoms with E-state index >= 15 is 0 Å². The molecule has 0 bridgehead atoms. The molecule has 7 nitrogen and oxygen atoms in total. The van der Waals surface area contributed by atoms with Gasteiger partial charge in [0.15, 0.2) is 0 Å². The summed E-state index contributed by atoms with van der Waals surface area (Å²) < 4.78 is 11.0. The molecule has 3 heterocycles. The number of hydrogen-bond acceptors (Lipinski definition) is 7. The van der Waals surface area contributed by atoms with Gasteiger partial charge in [0.1, 0.15) is 12.2 Å². The van der Waals surface area contributed by atoms with Crippen molar-refractivity contribution in [2.75, 3.05) is 64.2 Å². The Morgan fingerprint density at radius 1 is 0.960 bits per heavy atom. The van der Waals surface area contributed by atoms with E-state index in [9.17, 15) is 0 Å². The zero-order valence-electron chi connectivity index (χ0n) is 14.3. The topological polar surface area (TPSA) is 52.9 Å². The average Bonchev–Trinajstić information content (AvgIpc) is 3.07. The van der Waals surface area contributed by atoms with Crippen LogP contribution in [0, 0.1) is 0 Å². The zero-order chi connectivity index (χ0) is 17.1. The van der Waals surface area contributed by atoms with Crippen LogP contribution in [-0.4, -0.2) is 81.2 Å². The third-order valence-corrected chi connectivity index (χ3v) is 5.20. The van der Waals surface area contributed by atoms with Gasteiger partial charge >= 0.3 is 0 Å². The molecule has 0 aliphatic carbocycles. The van der Waals surface area contributed by atoms with Crippen molar-refractivity contribution in [1.29, 1.82) is 0 Å². The summed E-state index contributed by atoms with van der Waals surface area (Å²) in [4.78, 5) is 4.86. The number of rotatable bonds is 4. The second-order valence-electron chi connectivity index (χ2n) is 6.57. The Morgan fingerprint density at radius 3 is 2.28 bits per heavy atom. The van der Waals surface area contributed by atoms with Crippen LogP contribution in [0.5, 0.6) is 0 Å². The van der Waals surface area contributed by atoms with Crippen LogP contribution in [0.25, 0.3) is 0 Å². The molecule has 136 valence electrons. The van der Waals surface area contributed by atoms with E-state index in [-0.39, 0.29) is 12.2 Å². The standard InChI is InChI=1S/C17H24ClN5O2/c18-14-1-3-15(4-2-14)23-17(22-7-11-25-12-8-22)16(19-20-23)13-21-5-9-24-10-6-21/h1-4,16-17H,5-13H2. The van der Waals surface area contributed by atoms with E-state index in [1.165, 1.54) is 0 Å². The molecule has 0 aromatic heterocycles. The van der Waals surface area contributed by atoms with Gasteiger partial charge in [0.05, 0.1) is 32.1 Å². The lowest BCUT2D eigenvalue weighted by molar-refractivity contribution is 0.00378. The van der Waals surface area contributed by atoms with Gasteiger partial charge in [0.25, 0.3) is 0 Å². The van der Waals surface area contributed by atoms with E-state index in [0.717, 1.165) is 69.9 Å². The van der Waals surface area contributed by atoms with Gasteiger partial charge in [-0.1, -0.05) is 16.8 Å². The first-order chi connectivity index (χ1) is 12.3. The molecule has 2 unspecified atom stereocenters. The number of nitrogens with zero attached hydrogens (tertiary/aromatic N) is 5. The largest absolute Gasteiger partial charge is 0.379 e. The summed E-state index contributed by atoms with van der Waals surface area (Å²) in [5.41, 5.74) is 1.02. The van der Waals surface area contributed by atoms with Crippen molar-refractivity contribution < 1.29 is 9.47 Å². The number of hydrogen-bond donors (Lipinski definition) is 0. The van der Waals surface area contributed by atoms with Crippen molar-refractivity contribution in [3.05, 3.63) is 29.3 Å². The fourth-order valence-electron chi connectivity index (χ4n) is 3.61. The van der Waals surface area contributed by atoms with Crippen LogP contribution in [-0.2, 0) is 9.47 Å². The lowest BCUT2D eigenvalue weighted by Gasteiger charge is -2.39. The predicted octanol–water partition coefficient (Wildman–Crippen LogP) is 1.89. The average molecular weight is 366 g/mol. The van der Waals surface area contributed by atoms with E-state index in [4.69, 9.17) is 21.1 Å². The van der Waals surface area contributed by atoms with Gasteiger partial charge in [0.2, 0.25) is 0 Å². The molecule has 0 radical (unpaired) electrons. The first-order valence-electron chi connectivity index (χ1n) is 8.89. The zero-order valence-corrected chi connectivity index (χ0v) is 15.0. The van der Waals surface area contributed by atoms with Gasteiger partial charge in [-0.05, 0) is 24.3 Å². The molecular formula is C17H24ClN5O2. The molecule has 8 heteroatoms. The molecule has 0 spiro atoms. The molecule has 3 aliphatic heterocycles. The van der Waals surface area contributed by atoms with E-state index in [1.807, 2.05) is 29.3 Å². The summed E-state index contributed by atoms with van der Waals surface area (Å²) in [5, 5.41) is 11.9. The number of benzene rings is 1. The number of ether oxygens (including phenoxy) is 2. The first-order valence-corrected chi connectivity index (χ1v) is 9.26. The molecule has 1 aromatic rings. The van der Waals surface area contributed by atoms with Gasteiger partial charge in [-0.25, -0.2) is 5.01 Å². The minimum Gasteiger partial charge on any atom is -0.379 e. The smallest absolute Gasteiger partial charge is 0.132 e. The minimum absolute atomic E-state index is 0.117. The Bertz CT molecular complexity index is 587. The van der Waals surface area contributed by atoms with Gasteiger partial charge in [0, 0.05) is 37.7 Å². The SMILES string of the molecule is Clc1ccc(N2N=NC(CN3CCOCC3)C2N2CCOCC2)cc1. The fourth-order valence-corrected chi connectivity index (χ4v) is 3.74. The van der Waals surface area contributed by atoms with Crippen molar-refractivity contribution >= 4 is 17.3 Å². The van der Waals surface area contributed by atoms with Gasteiger partial charge in [-0.15, -0.1) is 0 Å². The predicted molar refractivity (Wildman–Crippen MR) is 96.0 cm³/mol. The molecule has 2 atom stereocenters. The lowest BCUT2D eigenvalue weighted by Crippen LogP contribution is -2.56. The normalized spacial score (nSPS) is 28.6. The summed E-state index contributed by atoms with van der Waals surface area (Å²) in [5.74, 6) is 0. The van der Waals surface area contributed by atoms with Crippen LogP contribution in [0.15, 0.2) is 34.6 Å². The van der Waals surface area contributed by atoms with Crippen molar-refractivity contribution in [2.45, 2.75) is 12.2 Å². The molecule has 3 aliphatic rings. The summed E-state index contributed by atoms with van der Waals surface area (Å²) >= 11 is 6.04. The van der Waals surface area contributed by atoms with Crippen LogP contribution in [0.2, 0.25) is 5.02 Å². The second kappa shape index (κ2) is 7.97. The lowest BCUT2D eigenvalue weighted by atomic mass is 10.1. The van der Waals surface area contributed by atoms with Crippen LogP contribution in [0.1, 0.15) is 0 Å². The van der Waals surface area contributed by atoms with Crippen LogP contribution in [0.3, 0.4) is 0 Å². The maximum atomic E-state index is 6.04. The highest BCUT2D eigenvalue weighted by Crippen LogP contribution is 2.30. The molecule has 0 amide bonds. The van der Waals surface area contributed by atoms with Crippen molar-refractivity contribution in [3.63, 3.8) is 0 Å². The Hall–Kier alpha value is -1.25. The van der Waals surface area contributed by atoms with Gasteiger partial charge in [-0.3, -0.25) is 9.80 Å². The third-order valence-electron chi connectivity index (χ3n) is 4.95. The number of halogens is 1. The fraction of sp³-hybridized carbons (Fsp3) is 0.647. The Labute approximate surface area is 153 Å². The molecule has 2 saturated heterocycles. The van der Waals surface area contributed by atoms with Crippen molar-refractivity contribution in [1.82, 2.24) is 9.80 Å². The Balaban J connectivity index is 1.53. The maximum Gasteiger partial charge on any atom is 0.132 e. The van der Waals surface area contributed by atoms with E-state index in [0.29, 0.717) is 0 Å². The molecule has 2 fully saturated rings. The minimum atomic E-state index is 0.117. The Morgan fingerprint density at radius 2 is 1.60 bits per heavy atom. The summed E-state index contributed by atoms with van der Waals surface area (Å²) in [6, 6.07) is 7.93. The van der Waals surface area contributed by atoms with Crippen molar-refractivity contribution in [3.8, 4) is 0 Å². The van der Waals surface area contributed by atoms with Crippen LogP contribution < -0.4 is 5.01 Å². The highest BCUT2D eigenvalue weighted by Gasteiger charge is 2.39. The summed E-state index contributed by atoms with van der Waals surface area (Å²) in [6.07, 6.45) is 0.118. The number of anilines is 1. The van der Waals surface area contributed by atoms with Crippen molar-refractivity contribution in [2.24, 2.45) is 10.3 Å². The monoisotopic (exact) mass is 365 g/mol. The molecule has 25 heavy (non-hydrogen) atoms. The molecule has 0 saturated carbocycles. The van der Waals surface area contributed by atoms with Crippen LogP contribution >= 0.6 is 11.6 Å². The van der Waals surface area contributed by atoms with E-state index < -0.39 is 0 Å². The van der Waals surface area contributed by atoms with E-state index in [2.05, 4.69) is 20.1 Å². The molecule has 0 N–H and O–H groups in total. The highest BCUT2D eigenvalue weighted by molar-refractivity contribution is 6.30. The Kier molecular flexibility index (Phi) is 5.48. The first kappa shape index (κ1) is 17.2. The highest BCUT2D eigenvalue weighted by atomic mass is 35.5. The molecule has 4 rings (SSSR count). The number of morpholine rings is 2. The summed E-state index contributed by atoms with van der Waals surface area (Å²) in [6.45, 7) is 7.74. The van der Waals surface area contributed by atoms with Gasteiger partial charge < -0.3 is 9.47 Å². The molecule has 1 aromatic carbocycles. The second-order valence-corrected chi connectivity index (χ2v) is 7.00. The van der Waals surface area contributed by atoms with Gasteiger partial charge in [-0.2, -0.15) is 5.11 Å². The summed E-state index contributed by atoms with van der Waals surface area (Å²) in [7, 11) is 0. The maximum absolute atomic E-state index is 6.04. The molecular weight excluding hydrogens is 342 g/mol.